The van der Waals surface area contributed by atoms with Crippen LogP contribution < -0.4 is 0 Å². The van der Waals surface area contributed by atoms with Crippen LogP contribution in [0, 0.1) is 0 Å². The highest BCUT2D eigenvalue weighted by atomic mass is 16.5. The molecule has 8 nitrogen and oxygen atoms in total. The normalized spacial score (nSPS) is 17.6. The molecule has 0 radical (unpaired) electrons. The molecule has 0 saturated carbocycles. The largest absolute Gasteiger partial charge is 0.377 e. The van der Waals surface area contributed by atoms with Crippen molar-refractivity contribution < 1.29 is 18.8 Å². The van der Waals surface area contributed by atoms with Gasteiger partial charge in [-0.05, 0) is 19.1 Å². The number of aryl methyl sites for hydroxylation is 1. The summed E-state index contributed by atoms with van der Waals surface area (Å²) in [5.41, 5.74) is 1.71. The van der Waals surface area contributed by atoms with Gasteiger partial charge >= 0.3 is 0 Å². The summed E-state index contributed by atoms with van der Waals surface area (Å²) in [5, 5.41) is 5.07. The maximum absolute atomic E-state index is 13.4. The van der Waals surface area contributed by atoms with Gasteiger partial charge < -0.3 is 23.5 Å². The van der Waals surface area contributed by atoms with Crippen molar-refractivity contribution in [2.75, 3.05) is 26.9 Å². The second kappa shape index (κ2) is 7.50. The summed E-state index contributed by atoms with van der Waals surface area (Å²) in [6.07, 6.45) is 0. The number of amides is 1. The molecule has 0 spiro atoms. The number of ether oxygens (including phenoxy) is 2. The highest BCUT2D eigenvalue weighted by Crippen LogP contribution is 2.27. The van der Waals surface area contributed by atoms with E-state index in [9.17, 15) is 4.79 Å². The molecule has 4 rings (SSSR count). The van der Waals surface area contributed by atoms with Crippen molar-refractivity contribution in [2.24, 2.45) is 0 Å². The van der Waals surface area contributed by atoms with Gasteiger partial charge in [-0.2, -0.15) is 4.98 Å². The fourth-order valence-electron chi connectivity index (χ4n) is 3.52. The molecule has 27 heavy (non-hydrogen) atoms. The van der Waals surface area contributed by atoms with Crippen molar-refractivity contribution >= 4 is 16.8 Å². The Kier molecular flexibility index (Phi) is 4.91. The quantitative estimate of drug-likeness (QED) is 0.686. The van der Waals surface area contributed by atoms with Crippen LogP contribution in [0.3, 0.4) is 0 Å². The first kappa shape index (κ1) is 17.7. The molecule has 0 bridgehead atoms. The van der Waals surface area contributed by atoms with E-state index in [-0.39, 0.29) is 18.6 Å². The van der Waals surface area contributed by atoms with E-state index in [0.717, 1.165) is 10.9 Å². The summed E-state index contributed by atoms with van der Waals surface area (Å²) in [7, 11) is 1.56. The minimum Gasteiger partial charge on any atom is -0.377 e. The monoisotopic (exact) mass is 370 g/mol. The predicted octanol–water partition coefficient (Wildman–Crippen LogP) is 2.40. The lowest BCUT2D eigenvalue weighted by Crippen LogP contribution is -2.44. The second-order valence-corrected chi connectivity index (χ2v) is 6.40. The Morgan fingerprint density at radius 2 is 2.22 bits per heavy atom. The van der Waals surface area contributed by atoms with Crippen LogP contribution in [0.4, 0.5) is 0 Å². The number of rotatable bonds is 5. The van der Waals surface area contributed by atoms with Gasteiger partial charge in [-0.1, -0.05) is 23.4 Å². The molecule has 1 aliphatic heterocycles. The van der Waals surface area contributed by atoms with Gasteiger partial charge in [0.25, 0.3) is 11.8 Å². The fourth-order valence-corrected chi connectivity index (χ4v) is 3.52. The second-order valence-electron chi connectivity index (χ2n) is 6.40. The SMILES string of the molecule is CCn1c(C(=O)N2CCOC[C@@H]2c2noc(COC)n2)cc2ccccc21. The number of hydrogen-bond acceptors (Lipinski definition) is 6. The molecule has 1 amide bonds. The summed E-state index contributed by atoms with van der Waals surface area (Å²) in [6, 6.07) is 9.57. The van der Waals surface area contributed by atoms with Crippen molar-refractivity contribution in [1.82, 2.24) is 19.6 Å². The van der Waals surface area contributed by atoms with Gasteiger partial charge in [-0.15, -0.1) is 0 Å². The smallest absolute Gasteiger partial charge is 0.271 e. The molecular formula is C19H22N4O4. The molecule has 3 heterocycles. The van der Waals surface area contributed by atoms with Crippen LogP contribution >= 0.6 is 0 Å². The van der Waals surface area contributed by atoms with E-state index < -0.39 is 0 Å². The van der Waals surface area contributed by atoms with Crippen molar-refractivity contribution in [1.29, 1.82) is 0 Å². The van der Waals surface area contributed by atoms with Crippen molar-refractivity contribution in [3.63, 3.8) is 0 Å². The third-order valence-electron chi connectivity index (χ3n) is 4.78. The maximum Gasteiger partial charge on any atom is 0.271 e. The number of fused-ring (bicyclic) bond motifs is 1. The van der Waals surface area contributed by atoms with Gasteiger partial charge in [-0.3, -0.25) is 4.79 Å². The molecule has 8 heteroatoms. The lowest BCUT2D eigenvalue weighted by Gasteiger charge is -2.33. The minimum atomic E-state index is -0.385. The Bertz CT molecular complexity index is 948. The zero-order valence-corrected chi connectivity index (χ0v) is 15.4. The number of aromatic nitrogens is 3. The molecule has 1 fully saturated rings. The van der Waals surface area contributed by atoms with Gasteiger partial charge in [-0.25, -0.2) is 0 Å². The molecule has 142 valence electrons. The Morgan fingerprint density at radius 3 is 3.04 bits per heavy atom. The molecule has 1 aromatic carbocycles. The number of hydrogen-bond donors (Lipinski definition) is 0. The first-order valence-corrected chi connectivity index (χ1v) is 9.01. The van der Waals surface area contributed by atoms with E-state index in [2.05, 4.69) is 10.1 Å². The topological polar surface area (TPSA) is 82.6 Å². The number of carbonyl (C=O) groups is 1. The van der Waals surface area contributed by atoms with Crippen LogP contribution in [0.25, 0.3) is 10.9 Å². The van der Waals surface area contributed by atoms with Gasteiger partial charge in [0.1, 0.15) is 18.3 Å². The van der Waals surface area contributed by atoms with E-state index in [1.165, 1.54) is 0 Å². The first-order valence-electron chi connectivity index (χ1n) is 9.01. The lowest BCUT2D eigenvalue weighted by molar-refractivity contribution is -0.00627. The van der Waals surface area contributed by atoms with Crippen LogP contribution in [0.1, 0.15) is 35.2 Å². The molecule has 0 unspecified atom stereocenters. The fraction of sp³-hybridized carbons (Fsp3) is 0.421. The van der Waals surface area contributed by atoms with Gasteiger partial charge in [0, 0.05) is 31.1 Å². The molecular weight excluding hydrogens is 348 g/mol. The van der Waals surface area contributed by atoms with Crippen molar-refractivity contribution in [3.05, 3.63) is 47.7 Å². The van der Waals surface area contributed by atoms with Crippen LogP contribution in [-0.4, -0.2) is 52.4 Å². The van der Waals surface area contributed by atoms with Gasteiger partial charge in [0.2, 0.25) is 0 Å². The minimum absolute atomic E-state index is 0.0561. The van der Waals surface area contributed by atoms with Crippen molar-refractivity contribution in [3.8, 4) is 0 Å². The molecule has 0 N–H and O–H groups in total. The molecule has 0 aliphatic carbocycles. The number of carbonyl (C=O) groups excluding carboxylic acids is 1. The number of para-hydroxylation sites is 1. The molecule has 1 atom stereocenters. The Labute approximate surface area is 156 Å². The summed E-state index contributed by atoms with van der Waals surface area (Å²) in [6.45, 7) is 4.28. The van der Waals surface area contributed by atoms with Crippen LogP contribution in [-0.2, 0) is 22.6 Å². The lowest BCUT2D eigenvalue weighted by atomic mass is 10.2. The number of morpholine rings is 1. The summed E-state index contributed by atoms with van der Waals surface area (Å²) in [5.74, 6) is 0.766. The Balaban J connectivity index is 1.68. The number of methoxy groups -OCH3 is 1. The number of nitrogens with zero attached hydrogens (tertiary/aromatic N) is 4. The molecule has 2 aromatic heterocycles. The van der Waals surface area contributed by atoms with E-state index >= 15 is 0 Å². The first-order chi connectivity index (χ1) is 13.2. The van der Waals surface area contributed by atoms with Crippen molar-refractivity contribution in [2.45, 2.75) is 26.1 Å². The van der Waals surface area contributed by atoms with E-state index in [1.807, 2.05) is 41.8 Å². The summed E-state index contributed by atoms with van der Waals surface area (Å²) < 4.78 is 17.8. The van der Waals surface area contributed by atoms with E-state index in [0.29, 0.717) is 43.7 Å². The summed E-state index contributed by atoms with van der Waals surface area (Å²) in [4.78, 5) is 19.5. The zero-order chi connectivity index (χ0) is 18.8. The third kappa shape index (κ3) is 3.22. The third-order valence-corrected chi connectivity index (χ3v) is 4.78. The Hall–Kier alpha value is -2.71. The zero-order valence-electron chi connectivity index (χ0n) is 15.4. The summed E-state index contributed by atoms with van der Waals surface area (Å²) >= 11 is 0. The maximum atomic E-state index is 13.4. The van der Waals surface area contributed by atoms with E-state index in [4.69, 9.17) is 14.0 Å². The van der Waals surface area contributed by atoms with Crippen LogP contribution in [0.5, 0.6) is 0 Å². The predicted molar refractivity (Wildman–Crippen MR) is 97.2 cm³/mol. The highest BCUT2D eigenvalue weighted by molar-refractivity contribution is 5.99. The average Bonchev–Trinajstić information content (AvgIpc) is 3.32. The van der Waals surface area contributed by atoms with Gasteiger partial charge in [0.15, 0.2) is 5.82 Å². The van der Waals surface area contributed by atoms with Crippen LogP contribution in [0.2, 0.25) is 0 Å². The molecule has 1 aliphatic rings. The Morgan fingerprint density at radius 1 is 1.37 bits per heavy atom. The molecule has 1 saturated heterocycles. The highest BCUT2D eigenvalue weighted by Gasteiger charge is 2.34. The standard InChI is InChI=1S/C19H22N4O4/c1-3-22-14-7-5-4-6-13(14)10-15(22)19(24)23-8-9-26-11-16(23)18-20-17(12-25-2)27-21-18/h4-7,10,16H,3,8-9,11-12H2,1-2H3/t16-/m1/s1. The molecule has 3 aromatic rings. The average molecular weight is 370 g/mol. The number of benzene rings is 1. The van der Waals surface area contributed by atoms with Gasteiger partial charge in [0.05, 0.1) is 13.2 Å². The van der Waals surface area contributed by atoms with Crippen LogP contribution in [0.15, 0.2) is 34.9 Å². The van der Waals surface area contributed by atoms with E-state index in [1.54, 1.807) is 12.0 Å².